The number of nitrogens with zero attached hydrogens (tertiary/aromatic N) is 1. The lowest BCUT2D eigenvalue weighted by atomic mass is 10.2. The average molecular weight is 296 g/mol. The highest BCUT2D eigenvalue weighted by Crippen LogP contribution is 2.17. The number of aliphatic hydroxyl groups excluding tert-OH is 1. The first kappa shape index (κ1) is 17.4. The molecule has 21 heavy (non-hydrogen) atoms. The average Bonchev–Trinajstić information content (AvgIpc) is 2.52. The van der Waals surface area contributed by atoms with Gasteiger partial charge < -0.3 is 20.3 Å². The zero-order valence-electron chi connectivity index (χ0n) is 12.6. The minimum atomic E-state index is -0.694. The maximum absolute atomic E-state index is 11.2. The molecule has 6 nitrogen and oxygen atoms in total. The van der Waals surface area contributed by atoms with Crippen LogP contribution in [0.1, 0.15) is 12.5 Å². The number of hydrogen-bond acceptors (Lipinski definition) is 6. The van der Waals surface area contributed by atoms with Gasteiger partial charge in [0.15, 0.2) is 0 Å². The van der Waals surface area contributed by atoms with E-state index in [-0.39, 0.29) is 19.1 Å². The number of rotatable bonds is 9. The van der Waals surface area contributed by atoms with Gasteiger partial charge >= 0.3 is 5.97 Å². The van der Waals surface area contributed by atoms with Crippen LogP contribution in [0.2, 0.25) is 0 Å². The standard InChI is InChI=1S/C15H24N2O4/c1-3-17(10-15(19)20-2)9-13(18)11-21-14-7-5-4-6-12(14)8-16/h4-7,13,18H,3,8-11,16H2,1-2H3. The van der Waals surface area contributed by atoms with E-state index in [1.165, 1.54) is 7.11 Å². The molecular weight excluding hydrogens is 272 g/mol. The monoisotopic (exact) mass is 296 g/mol. The lowest BCUT2D eigenvalue weighted by Crippen LogP contribution is -2.39. The summed E-state index contributed by atoms with van der Waals surface area (Å²) in [6.45, 7) is 3.59. The summed E-state index contributed by atoms with van der Waals surface area (Å²) < 4.78 is 10.2. The Morgan fingerprint density at radius 2 is 2.14 bits per heavy atom. The van der Waals surface area contributed by atoms with Crippen LogP contribution in [0.3, 0.4) is 0 Å². The van der Waals surface area contributed by atoms with Gasteiger partial charge in [0.05, 0.1) is 13.7 Å². The van der Waals surface area contributed by atoms with Gasteiger partial charge in [0, 0.05) is 18.7 Å². The van der Waals surface area contributed by atoms with Crippen molar-refractivity contribution in [2.75, 3.05) is 33.4 Å². The predicted molar refractivity (Wildman–Crippen MR) is 80.0 cm³/mol. The molecule has 0 aromatic heterocycles. The van der Waals surface area contributed by atoms with E-state index in [2.05, 4.69) is 4.74 Å². The number of carbonyl (C=O) groups is 1. The van der Waals surface area contributed by atoms with Crippen molar-refractivity contribution in [2.24, 2.45) is 5.73 Å². The van der Waals surface area contributed by atoms with Crippen molar-refractivity contribution >= 4 is 5.97 Å². The lowest BCUT2D eigenvalue weighted by molar-refractivity contribution is -0.142. The van der Waals surface area contributed by atoms with Crippen LogP contribution in [-0.2, 0) is 16.1 Å². The molecule has 0 amide bonds. The quantitative estimate of drug-likeness (QED) is 0.641. The summed E-state index contributed by atoms with van der Waals surface area (Å²) in [7, 11) is 1.35. The molecule has 0 aliphatic rings. The molecule has 1 aromatic carbocycles. The maximum atomic E-state index is 11.2. The Bertz CT molecular complexity index is 439. The van der Waals surface area contributed by atoms with Crippen molar-refractivity contribution in [3.05, 3.63) is 29.8 Å². The second kappa shape index (κ2) is 9.33. The first-order chi connectivity index (χ1) is 10.1. The molecule has 1 aromatic rings. The summed E-state index contributed by atoms with van der Waals surface area (Å²) >= 11 is 0. The largest absolute Gasteiger partial charge is 0.491 e. The molecule has 118 valence electrons. The van der Waals surface area contributed by atoms with Gasteiger partial charge in [-0.3, -0.25) is 9.69 Å². The fraction of sp³-hybridized carbons (Fsp3) is 0.533. The van der Waals surface area contributed by atoms with E-state index in [1.807, 2.05) is 31.2 Å². The summed E-state index contributed by atoms with van der Waals surface area (Å²) in [4.78, 5) is 13.0. The molecule has 0 aliphatic carbocycles. The van der Waals surface area contributed by atoms with Crippen LogP contribution in [0.4, 0.5) is 0 Å². The number of esters is 1. The van der Waals surface area contributed by atoms with Gasteiger partial charge in [-0.25, -0.2) is 0 Å². The normalized spacial score (nSPS) is 12.2. The van der Waals surface area contributed by atoms with Crippen molar-refractivity contribution in [1.29, 1.82) is 0 Å². The molecule has 1 atom stereocenters. The first-order valence-corrected chi connectivity index (χ1v) is 6.98. The molecule has 1 rings (SSSR count). The van der Waals surface area contributed by atoms with E-state index in [1.54, 1.807) is 4.90 Å². The highest BCUT2D eigenvalue weighted by molar-refractivity contribution is 5.71. The van der Waals surface area contributed by atoms with Crippen molar-refractivity contribution in [3.63, 3.8) is 0 Å². The minimum absolute atomic E-state index is 0.148. The fourth-order valence-electron chi connectivity index (χ4n) is 1.90. The predicted octanol–water partition coefficient (Wildman–Crippen LogP) is 0.380. The van der Waals surface area contributed by atoms with Crippen LogP contribution in [-0.4, -0.2) is 55.4 Å². The number of nitrogens with two attached hydrogens (primary N) is 1. The minimum Gasteiger partial charge on any atom is -0.491 e. The molecule has 0 saturated carbocycles. The summed E-state index contributed by atoms with van der Waals surface area (Å²) in [6, 6.07) is 7.45. The van der Waals surface area contributed by atoms with Gasteiger partial charge in [0.25, 0.3) is 0 Å². The van der Waals surface area contributed by atoms with Crippen molar-refractivity contribution < 1.29 is 19.4 Å². The number of carbonyl (C=O) groups excluding carboxylic acids is 1. The third-order valence-corrected chi connectivity index (χ3v) is 3.12. The molecular formula is C15H24N2O4. The van der Waals surface area contributed by atoms with Crippen LogP contribution in [0.5, 0.6) is 5.75 Å². The Morgan fingerprint density at radius 1 is 1.43 bits per heavy atom. The molecule has 0 aliphatic heterocycles. The van der Waals surface area contributed by atoms with E-state index in [4.69, 9.17) is 10.5 Å². The molecule has 0 fully saturated rings. The van der Waals surface area contributed by atoms with Crippen LogP contribution in [0, 0.1) is 0 Å². The van der Waals surface area contributed by atoms with Crippen LogP contribution in [0.15, 0.2) is 24.3 Å². The van der Waals surface area contributed by atoms with E-state index < -0.39 is 6.10 Å². The Labute approximate surface area is 125 Å². The summed E-state index contributed by atoms with van der Waals surface area (Å²) in [5, 5.41) is 10.0. The summed E-state index contributed by atoms with van der Waals surface area (Å²) in [5.74, 6) is 0.355. The van der Waals surface area contributed by atoms with Gasteiger partial charge in [-0.1, -0.05) is 25.1 Å². The van der Waals surface area contributed by atoms with Gasteiger partial charge in [-0.15, -0.1) is 0 Å². The van der Waals surface area contributed by atoms with Crippen LogP contribution < -0.4 is 10.5 Å². The lowest BCUT2D eigenvalue weighted by Gasteiger charge is -2.22. The SMILES string of the molecule is CCN(CC(=O)OC)CC(O)COc1ccccc1CN. The number of benzene rings is 1. The first-order valence-electron chi connectivity index (χ1n) is 6.98. The molecule has 3 N–H and O–H groups in total. The van der Waals surface area contributed by atoms with Crippen molar-refractivity contribution in [1.82, 2.24) is 4.90 Å². The zero-order valence-corrected chi connectivity index (χ0v) is 12.6. The Morgan fingerprint density at radius 3 is 2.76 bits per heavy atom. The third-order valence-electron chi connectivity index (χ3n) is 3.12. The van der Waals surface area contributed by atoms with E-state index >= 15 is 0 Å². The Kier molecular flexibility index (Phi) is 7.74. The van der Waals surface area contributed by atoms with Crippen molar-refractivity contribution in [3.8, 4) is 5.75 Å². The summed E-state index contributed by atoms with van der Waals surface area (Å²) in [5.41, 5.74) is 6.52. The fourth-order valence-corrected chi connectivity index (χ4v) is 1.90. The number of methoxy groups -OCH3 is 1. The van der Waals surface area contributed by atoms with Crippen LogP contribution >= 0.6 is 0 Å². The molecule has 0 saturated heterocycles. The summed E-state index contributed by atoms with van der Waals surface area (Å²) in [6.07, 6.45) is -0.694. The Balaban J connectivity index is 2.45. The smallest absolute Gasteiger partial charge is 0.319 e. The van der Waals surface area contributed by atoms with Gasteiger partial charge in [-0.05, 0) is 12.6 Å². The molecule has 1 unspecified atom stereocenters. The zero-order chi connectivity index (χ0) is 15.7. The number of likely N-dealkylation sites (N-methyl/N-ethyl adjacent to an activating group) is 1. The van der Waals surface area contributed by atoms with Gasteiger partial charge in [0.1, 0.15) is 18.5 Å². The third kappa shape index (κ3) is 6.12. The molecule has 0 spiro atoms. The van der Waals surface area contributed by atoms with Crippen LogP contribution in [0.25, 0.3) is 0 Å². The highest BCUT2D eigenvalue weighted by Gasteiger charge is 2.15. The molecule has 0 bridgehead atoms. The second-order valence-electron chi connectivity index (χ2n) is 4.68. The highest BCUT2D eigenvalue weighted by atomic mass is 16.5. The molecule has 0 radical (unpaired) electrons. The molecule has 6 heteroatoms. The topological polar surface area (TPSA) is 85.0 Å². The maximum Gasteiger partial charge on any atom is 0.319 e. The van der Waals surface area contributed by atoms with Gasteiger partial charge in [0.2, 0.25) is 0 Å². The van der Waals surface area contributed by atoms with E-state index in [0.29, 0.717) is 25.4 Å². The van der Waals surface area contributed by atoms with E-state index in [0.717, 1.165) is 5.56 Å². The number of hydrogen-bond donors (Lipinski definition) is 2. The molecule has 0 heterocycles. The van der Waals surface area contributed by atoms with Crippen molar-refractivity contribution in [2.45, 2.75) is 19.6 Å². The number of aliphatic hydroxyl groups is 1. The van der Waals surface area contributed by atoms with Gasteiger partial charge in [-0.2, -0.15) is 0 Å². The number of para-hydroxylation sites is 1. The second-order valence-corrected chi connectivity index (χ2v) is 4.68. The number of ether oxygens (including phenoxy) is 2. The van der Waals surface area contributed by atoms with E-state index in [9.17, 15) is 9.90 Å². The Hall–Kier alpha value is -1.63.